The summed E-state index contributed by atoms with van der Waals surface area (Å²) in [5.41, 5.74) is 20.9. The highest BCUT2D eigenvalue weighted by molar-refractivity contribution is 5.95. The summed E-state index contributed by atoms with van der Waals surface area (Å²) >= 11 is 0. The summed E-state index contributed by atoms with van der Waals surface area (Å²) in [5, 5.41) is 17.0. The number of hydrogen-bond acceptors (Lipinski definition) is 7. The maximum Gasteiger partial charge on any atom is 0.243 e. The number of aliphatic hydroxyl groups excluding tert-OH is 1. The van der Waals surface area contributed by atoms with E-state index in [1.807, 2.05) is 0 Å². The van der Waals surface area contributed by atoms with E-state index in [9.17, 15) is 24.3 Å². The van der Waals surface area contributed by atoms with E-state index in [4.69, 9.17) is 22.9 Å². The van der Waals surface area contributed by atoms with E-state index < -0.39 is 59.8 Å². The molecule has 1 aliphatic carbocycles. The topological polar surface area (TPSA) is 241 Å². The average molecular weight is 485 g/mol. The maximum absolute atomic E-state index is 13.1. The molecule has 0 aromatic rings. The molecule has 0 radical (unpaired) electrons. The minimum atomic E-state index is -1.28. The number of aliphatic imine (C=N–C) groups is 1. The van der Waals surface area contributed by atoms with Crippen LogP contribution in [0.1, 0.15) is 52.9 Å². The molecule has 1 saturated carbocycles. The Kier molecular flexibility index (Phi) is 11.2. The van der Waals surface area contributed by atoms with Crippen molar-refractivity contribution >= 4 is 29.6 Å². The van der Waals surface area contributed by atoms with Crippen LogP contribution in [0.4, 0.5) is 0 Å². The molecule has 0 bridgehead atoms. The highest BCUT2D eigenvalue weighted by Crippen LogP contribution is 2.33. The zero-order chi connectivity index (χ0) is 26.1. The van der Waals surface area contributed by atoms with Crippen molar-refractivity contribution in [1.82, 2.24) is 16.0 Å². The number of primary amides is 1. The lowest BCUT2D eigenvalue weighted by Crippen LogP contribution is -2.61. The molecule has 0 spiro atoms. The lowest BCUT2D eigenvalue weighted by molar-refractivity contribution is -0.136. The first-order valence-electron chi connectivity index (χ1n) is 11.4. The largest absolute Gasteiger partial charge is 0.394 e. The smallest absolute Gasteiger partial charge is 0.243 e. The van der Waals surface area contributed by atoms with Crippen LogP contribution in [0.15, 0.2) is 4.99 Å². The molecule has 13 nitrogen and oxygen atoms in total. The molecule has 1 rings (SSSR count). The van der Waals surface area contributed by atoms with Gasteiger partial charge in [0.05, 0.1) is 12.6 Å². The Hall–Kier alpha value is -2.93. The zero-order valence-electron chi connectivity index (χ0n) is 20.2. The molecule has 0 unspecified atom stereocenters. The van der Waals surface area contributed by atoms with Gasteiger partial charge in [0.15, 0.2) is 5.96 Å². The number of rotatable bonds is 14. The first-order chi connectivity index (χ1) is 15.8. The number of hydrogen-bond donors (Lipinski definition) is 8. The Labute approximate surface area is 199 Å². The van der Waals surface area contributed by atoms with Crippen LogP contribution in [0.25, 0.3) is 0 Å². The Morgan fingerprint density at radius 1 is 0.971 bits per heavy atom. The molecule has 13 heteroatoms. The highest BCUT2D eigenvalue weighted by atomic mass is 16.3. The Morgan fingerprint density at radius 2 is 1.56 bits per heavy atom. The molecule has 34 heavy (non-hydrogen) atoms. The summed E-state index contributed by atoms with van der Waals surface area (Å²) in [5.74, 6) is -2.35. The predicted octanol–water partition coefficient (Wildman–Crippen LogP) is -2.85. The quantitative estimate of drug-likeness (QED) is 0.0722. The van der Waals surface area contributed by atoms with Crippen LogP contribution in [-0.2, 0) is 19.2 Å². The van der Waals surface area contributed by atoms with Crippen LogP contribution in [0.3, 0.4) is 0 Å². The second kappa shape index (κ2) is 13.1. The third kappa shape index (κ3) is 10.3. The average Bonchev–Trinajstić information content (AvgIpc) is 3.55. The molecule has 1 fully saturated rings. The van der Waals surface area contributed by atoms with Crippen molar-refractivity contribution in [3.05, 3.63) is 0 Å². The number of nitrogens with two attached hydrogens (primary N) is 4. The van der Waals surface area contributed by atoms with Gasteiger partial charge in [-0.3, -0.25) is 24.2 Å². The predicted molar refractivity (Wildman–Crippen MR) is 127 cm³/mol. The van der Waals surface area contributed by atoms with Gasteiger partial charge in [-0.1, -0.05) is 33.6 Å². The summed E-state index contributed by atoms with van der Waals surface area (Å²) in [6.45, 7) is 4.86. The lowest BCUT2D eigenvalue weighted by Gasteiger charge is -2.32. The Morgan fingerprint density at radius 3 is 2.03 bits per heavy atom. The number of nitrogens with one attached hydrogen (secondary N) is 3. The molecule has 0 aromatic carbocycles. The number of guanidine groups is 1. The molecule has 0 saturated heterocycles. The molecule has 4 amide bonds. The minimum absolute atomic E-state index is 0.0437. The third-order valence-electron chi connectivity index (χ3n) is 5.46. The molecule has 0 heterocycles. The molecule has 0 aromatic heterocycles. The van der Waals surface area contributed by atoms with Gasteiger partial charge in [-0.2, -0.15) is 0 Å². The standard InChI is InChI=1S/C21H40N8O5/c1-21(2,3)15(19(34)28-14(10-30)16(23)31)29-18(33)13(9-11-6-7-11)27-17(32)12(22)5-4-8-26-20(24)25/h11-15,30H,4-10,22H2,1-3H3,(H2,23,31)(H,27,32)(H,28,34)(H,29,33)(H4,24,25,26)/t12-,13-,14-,15+/m0/s1. The van der Waals surface area contributed by atoms with Crippen molar-refractivity contribution in [3.63, 3.8) is 0 Å². The first kappa shape index (κ1) is 29.1. The molecule has 12 N–H and O–H groups in total. The summed E-state index contributed by atoms with van der Waals surface area (Å²) in [4.78, 5) is 53.8. The number of carbonyl (C=O) groups is 4. The third-order valence-corrected chi connectivity index (χ3v) is 5.46. The normalized spacial score (nSPS) is 17.0. The fraction of sp³-hybridized carbons (Fsp3) is 0.762. The summed E-state index contributed by atoms with van der Waals surface area (Å²) in [7, 11) is 0. The lowest BCUT2D eigenvalue weighted by atomic mass is 9.85. The van der Waals surface area contributed by atoms with Crippen LogP contribution in [-0.4, -0.2) is 72.0 Å². The van der Waals surface area contributed by atoms with Gasteiger partial charge in [-0.15, -0.1) is 0 Å². The van der Waals surface area contributed by atoms with Crippen molar-refractivity contribution in [2.24, 2.45) is 39.3 Å². The van der Waals surface area contributed by atoms with Gasteiger partial charge in [0.1, 0.15) is 18.1 Å². The van der Waals surface area contributed by atoms with E-state index in [0.29, 0.717) is 31.7 Å². The van der Waals surface area contributed by atoms with Crippen molar-refractivity contribution < 1.29 is 24.3 Å². The number of aliphatic hydroxyl groups is 1. The zero-order valence-corrected chi connectivity index (χ0v) is 20.2. The number of carbonyl (C=O) groups excluding carboxylic acids is 4. The van der Waals surface area contributed by atoms with Gasteiger partial charge in [-0.25, -0.2) is 0 Å². The Bertz CT molecular complexity index is 759. The van der Waals surface area contributed by atoms with E-state index >= 15 is 0 Å². The van der Waals surface area contributed by atoms with Gasteiger partial charge in [0, 0.05) is 6.54 Å². The van der Waals surface area contributed by atoms with Crippen molar-refractivity contribution in [1.29, 1.82) is 0 Å². The molecular formula is C21H40N8O5. The monoisotopic (exact) mass is 484 g/mol. The van der Waals surface area contributed by atoms with Gasteiger partial charge < -0.3 is 44.0 Å². The van der Waals surface area contributed by atoms with Crippen LogP contribution in [0, 0.1) is 11.3 Å². The minimum Gasteiger partial charge on any atom is -0.394 e. The second-order valence-electron chi connectivity index (χ2n) is 9.75. The number of amides is 4. The van der Waals surface area contributed by atoms with Crippen molar-refractivity contribution in [2.75, 3.05) is 13.2 Å². The van der Waals surface area contributed by atoms with Gasteiger partial charge in [-0.05, 0) is 30.6 Å². The fourth-order valence-corrected chi connectivity index (χ4v) is 3.23. The van der Waals surface area contributed by atoms with Crippen LogP contribution < -0.4 is 38.9 Å². The van der Waals surface area contributed by atoms with Crippen LogP contribution in [0.5, 0.6) is 0 Å². The molecule has 0 aliphatic heterocycles. The second-order valence-corrected chi connectivity index (χ2v) is 9.75. The van der Waals surface area contributed by atoms with E-state index in [1.54, 1.807) is 20.8 Å². The van der Waals surface area contributed by atoms with Crippen molar-refractivity contribution in [3.8, 4) is 0 Å². The van der Waals surface area contributed by atoms with E-state index in [1.165, 1.54) is 0 Å². The molecule has 194 valence electrons. The summed E-state index contributed by atoms with van der Waals surface area (Å²) in [6, 6.07) is -4.08. The summed E-state index contributed by atoms with van der Waals surface area (Å²) in [6.07, 6.45) is 3.12. The van der Waals surface area contributed by atoms with Crippen molar-refractivity contribution in [2.45, 2.75) is 77.0 Å². The summed E-state index contributed by atoms with van der Waals surface area (Å²) < 4.78 is 0. The van der Waals surface area contributed by atoms with E-state index in [0.717, 1.165) is 12.8 Å². The van der Waals surface area contributed by atoms with E-state index in [2.05, 4.69) is 20.9 Å². The first-order valence-corrected chi connectivity index (χ1v) is 11.4. The fourth-order valence-electron chi connectivity index (χ4n) is 3.23. The van der Waals surface area contributed by atoms with Gasteiger partial charge >= 0.3 is 0 Å². The van der Waals surface area contributed by atoms with Crippen LogP contribution >= 0.6 is 0 Å². The Balaban J connectivity index is 2.86. The highest BCUT2D eigenvalue weighted by Gasteiger charge is 2.38. The van der Waals surface area contributed by atoms with Gasteiger partial charge in [0.2, 0.25) is 23.6 Å². The number of nitrogens with zero attached hydrogens (tertiary/aromatic N) is 1. The molecular weight excluding hydrogens is 444 g/mol. The van der Waals surface area contributed by atoms with Gasteiger partial charge in [0.25, 0.3) is 0 Å². The molecule has 4 atom stereocenters. The molecule has 1 aliphatic rings. The maximum atomic E-state index is 13.1. The van der Waals surface area contributed by atoms with E-state index in [-0.39, 0.29) is 5.96 Å². The van der Waals surface area contributed by atoms with Crippen LogP contribution in [0.2, 0.25) is 0 Å². The SMILES string of the molecule is CC(C)(C)[C@H](NC(=O)[C@H](CC1CC1)NC(=O)[C@@H](N)CCCN=C(N)N)C(=O)N[C@@H](CO)C(N)=O.